The molecule has 6 heteroatoms. The summed E-state index contributed by atoms with van der Waals surface area (Å²) in [5, 5.41) is 0. The number of quaternary nitrogens is 2. The summed E-state index contributed by atoms with van der Waals surface area (Å²) in [6.07, 6.45) is 2.26. The first kappa shape index (κ1) is 23.7. The third-order valence-electron chi connectivity index (χ3n) is 1.84. The standard InChI is InChI=1S/C11H24Br2N2.2BrH/c1-14(2,3)8-7-10(12)11(13)9-15(4,5)6;;/h7,11H,8-9H2,1-6H3;2*1H/q+2;;/p-2/b10-7+;;. The topological polar surface area (TPSA) is 0 Å². The third-order valence-corrected chi connectivity index (χ3v) is 4.11. The van der Waals surface area contributed by atoms with E-state index >= 15 is 0 Å². The van der Waals surface area contributed by atoms with Crippen LogP contribution in [0, 0.1) is 0 Å². The Bertz CT molecular complexity index is 229. The molecule has 0 aliphatic carbocycles. The van der Waals surface area contributed by atoms with Crippen molar-refractivity contribution in [2.75, 3.05) is 55.4 Å². The first-order valence-electron chi connectivity index (χ1n) is 5.12. The van der Waals surface area contributed by atoms with Crippen LogP contribution >= 0.6 is 31.9 Å². The van der Waals surface area contributed by atoms with E-state index in [-0.39, 0.29) is 34.0 Å². The molecule has 0 N–H and O–H groups in total. The lowest BCUT2D eigenvalue weighted by molar-refractivity contribution is -0.869. The minimum Gasteiger partial charge on any atom is -1.00 e. The van der Waals surface area contributed by atoms with Crippen LogP contribution in [-0.2, 0) is 0 Å². The largest absolute Gasteiger partial charge is 1.00 e. The number of rotatable bonds is 5. The highest BCUT2D eigenvalue weighted by Crippen LogP contribution is 2.21. The molecule has 0 fully saturated rings. The van der Waals surface area contributed by atoms with Gasteiger partial charge in [0.2, 0.25) is 0 Å². The van der Waals surface area contributed by atoms with Gasteiger partial charge in [-0.2, -0.15) is 0 Å². The second-order valence-electron chi connectivity index (χ2n) is 6.00. The fourth-order valence-electron chi connectivity index (χ4n) is 1.06. The number of nitrogens with zero attached hydrogens (tertiary/aromatic N) is 2. The number of hydrogen-bond acceptors (Lipinski definition) is 0. The summed E-state index contributed by atoms with van der Waals surface area (Å²) in [6.45, 7) is 2.12. The van der Waals surface area contributed by atoms with E-state index in [9.17, 15) is 0 Å². The zero-order chi connectivity index (χ0) is 12.3. The van der Waals surface area contributed by atoms with Gasteiger partial charge in [0.25, 0.3) is 0 Å². The molecule has 0 aliphatic rings. The molecule has 0 saturated carbocycles. The molecule has 1 unspecified atom stereocenters. The summed E-state index contributed by atoms with van der Waals surface area (Å²) < 4.78 is 3.17. The second kappa shape index (κ2) is 9.48. The smallest absolute Gasteiger partial charge is 0.0978 e. The lowest BCUT2D eigenvalue weighted by Crippen LogP contribution is -3.00. The Labute approximate surface area is 144 Å². The van der Waals surface area contributed by atoms with Crippen LogP contribution in [0.15, 0.2) is 10.6 Å². The van der Waals surface area contributed by atoms with Crippen molar-refractivity contribution in [1.29, 1.82) is 0 Å². The van der Waals surface area contributed by atoms with Crippen LogP contribution in [0.4, 0.5) is 0 Å². The molecule has 0 heterocycles. The van der Waals surface area contributed by atoms with E-state index < -0.39 is 0 Å². The predicted octanol–water partition coefficient (Wildman–Crippen LogP) is -3.55. The molecule has 0 bridgehead atoms. The van der Waals surface area contributed by atoms with Gasteiger partial charge in [-0.15, -0.1) is 0 Å². The summed E-state index contributed by atoms with van der Waals surface area (Å²) in [5.41, 5.74) is 0. The van der Waals surface area contributed by atoms with E-state index in [0.717, 1.165) is 22.1 Å². The van der Waals surface area contributed by atoms with Crippen molar-refractivity contribution < 1.29 is 42.9 Å². The zero-order valence-electron chi connectivity index (χ0n) is 11.5. The first-order chi connectivity index (χ1) is 6.51. The number of likely N-dealkylation sites (N-methyl/N-ethyl adjacent to an activating group) is 1. The summed E-state index contributed by atoms with van der Waals surface area (Å²) in [6, 6.07) is 0. The molecule has 0 spiro atoms. The van der Waals surface area contributed by atoms with E-state index in [1.807, 2.05) is 0 Å². The Morgan fingerprint density at radius 1 is 1.00 bits per heavy atom. The Morgan fingerprint density at radius 2 is 1.41 bits per heavy atom. The third kappa shape index (κ3) is 15.5. The molecule has 0 saturated heterocycles. The van der Waals surface area contributed by atoms with Crippen molar-refractivity contribution in [3.05, 3.63) is 10.6 Å². The highest BCUT2D eigenvalue weighted by atomic mass is 79.9. The Kier molecular flexibility index (Phi) is 13.2. The number of hydrogen-bond donors (Lipinski definition) is 0. The molecule has 0 aliphatic heterocycles. The maximum absolute atomic E-state index is 3.71. The van der Waals surface area contributed by atoms with Crippen molar-refractivity contribution in [2.24, 2.45) is 0 Å². The van der Waals surface area contributed by atoms with Gasteiger partial charge < -0.3 is 42.9 Å². The van der Waals surface area contributed by atoms with Crippen LogP contribution in [0.25, 0.3) is 0 Å². The average molecular weight is 504 g/mol. The molecule has 17 heavy (non-hydrogen) atoms. The average Bonchev–Trinajstić information content (AvgIpc) is 1.95. The summed E-state index contributed by atoms with van der Waals surface area (Å²) >= 11 is 7.35. The van der Waals surface area contributed by atoms with E-state index in [2.05, 4.69) is 80.2 Å². The van der Waals surface area contributed by atoms with Crippen LogP contribution in [0.2, 0.25) is 0 Å². The summed E-state index contributed by atoms with van der Waals surface area (Å²) in [4.78, 5) is 0.407. The Balaban J connectivity index is -0.000000980. The van der Waals surface area contributed by atoms with Crippen LogP contribution in [0.3, 0.4) is 0 Å². The van der Waals surface area contributed by atoms with Gasteiger partial charge in [0.1, 0.15) is 0 Å². The maximum atomic E-state index is 3.71. The summed E-state index contributed by atoms with van der Waals surface area (Å²) in [7, 11) is 13.2. The molecule has 106 valence electrons. The minimum absolute atomic E-state index is 0. The monoisotopic (exact) mass is 500 g/mol. The number of alkyl halides is 1. The van der Waals surface area contributed by atoms with Gasteiger partial charge in [-0.3, -0.25) is 0 Å². The van der Waals surface area contributed by atoms with Crippen molar-refractivity contribution in [1.82, 2.24) is 0 Å². The SMILES string of the molecule is C[N+](C)(C)C/C=C(/Br)C(Br)C[N+](C)(C)C.[Br-].[Br-]. The highest BCUT2D eigenvalue weighted by Gasteiger charge is 2.18. The second-order valence-corrected chi connectivity index (χ2v) is 8.02. The molecule has 2 nitrogen and oxygen atoms in total. The van der Waals surface area contributed by atoms with Crippen molar-refractivity contribution in [3.8, 4) is 0 Å². The van der Waals surface area contributed by atoms with Crippen LogP contribution in [0.5, 0.6) is 0 Å². The summed E-state index contributed by atoms with van der Waals surface area (Å²) in [5.74, 6) is 0. The predicted molar refractivity (Wildman–Crippen MR) is 75.5 cm³/mol. The van der Waals surface area contributed by atoms with Gasteiger partial charge in [-0.05, 0) is 6.08 Å². The van der Waals surface area contributed by atoms with E-state index in [1.165, 1.54) is 4.48 Å². The van der Waals surface area contributed by atoms with Crippen LogP contribution in [-0.4, -0.2) is 69.2 Å². The lowest BCUT2D eigenvalue weighted by atomic mass is 10.3. The van der Waals surface area contributed by atoms with E-state index in [1.54, 1.807) is 0 Å². The highest BCUT2D eigenvalue weighted by molar-refractivity contribution is 9.14. The molecular weight excluding hydrogens is 480 g/mol. The molecule has 0 aromatic rings. The molecule has 0 rings (SSSR count). The molecule has 0 aromatic carbocycles. The van der Waals surface area contributed by atoms with Gasteiger partial charge in [0.15, 0.2) is 0 Å². The van der Waals surface area contributed by atoms with Crippen molar-refractivity contribution in [3.63, 3.8) is 0 Å². The molecule has 1 atom stereocenters. The van der Waals surface area contributed by atoms with E-state index in [4.69, 9.17) is 0 Å². The van der Waals surface area contributed by atoms with Gasteiger partial charge in [0, 0.05) is 4.48 Å². The first-order valence-corrected chi connectivity index (χ1v) is 6.83. The van der Waals surface area contributed by atoms with Gasteiger partial charge >= 0.3 is 0 Å². The zero-order valence-corrected chi connectivity index (χ0v) is 17.8. The van der Waals surface area contributed by atoms with Crippen LogP contribution < -0.4 is 34.0 Å². The van der Waals surface area contributed by atoms with Crippen molar-refractivity contribution >= 4 is 31.9 Å². The molecule has 0 aromatic heterocycles. The molecular formula is C11H24Br4N2. The molecule has 0 radical (unpaired) electrons. The lowest BCUT2D eigenvalue weighted by Gasteiger charge is -2.27. The normalized spacial score (nSPS) is 14.7. The molecule has 0 amide bonds. The van der Waals surface area contributed by atoms with E-state index in [0.29, 0.717) is 4.83 Å². The van der Waals surface area contributed by atoms with Gasteiger partial charge in [-0.25, -0.2) is 0 Å². The number of halogens is 4. The maximum Gasteiger partial charge on any atom is 0.0978 e. The Morgan fingerprint density at radius 3 is 1.71 bits per heavy atom. The van der Waals surface area contributed by atoms with Crippen molar-refractivity contribution in [2.45, 2.75) is 4.83 Å². The minimum atomic E-state index is 0. The van der Waals surface area contributed by atoms with Gasteiger partial charge in [-0.1, -0.05) is 31.9 Å². The fourth-order valence-corrected chi connectivity index (χ4v) is 2.40. The Hall–Kier alpha value is 1.58. The quantitative estimate of drug-likeness (QED) is 0.269. The van der Waals surface area contributed by atoms with Gasteiger partial charge in [0.05, 0.1) is 60.2 Å². The van der Waals surface area contributed by atoms with Crippen LogP contribution in [0.1, 0.15) is 0 Å². The fraction of sp³-hybridized carbons (Fsp3) is 0.818.